The Kier molecular flexibility index (Phi) is 5.40. The van der Waals surface area contributed by atoms with Crippen LogP contribution in [0, 0.1) is 6.92 Å². The Balaban J connectivity index is 1.29. The average Bonchev–Trinajstić information content (AvgIpc) is 3.57. The topological polar surface area (TPSA) is 79.9 Å². The van der Waals surface area contributed by atoms with E-state index in [2.05, 4.69) is 81.5 Å². The van der Waals surface area contributed by atoms with Crippen molar-refractivity contribution in [2.45, 2.75) is 52.0 Å². The Morgan fingerprint density at radius 2 is 1.94 bits per heavy atom. The molecular weight excluding hydrogens is 436 g/mol. The summed E-state index contributed by atoms with van der Waals surface area (Å²) in [7, 11) is 1.92. The molecule has 0 saturated carbocycles. The minimum absolute atomic E-state index is 0.398. The highest BCUT2D eigenvalue weighted by atomic mass is 15.4. The van der Waals surface area contributed by atoms with E-state index < -0.39 is 0 Å². The largest absolute Gasteiger partial charge is 0.354 e. The van der Waals surface area contributed by atoms with E-state index in [0.29, 0.717) is 11.8 Å². The van der Waals surface area contributed by atoms with Gasteiger partial charge in [0.25, 0.3) is 0 Å². The number of aromatic amines is 1. The number of benzene rings is 1. The van der Waals surface area contributed by atoms with Crippen molar-refractivity contribution >= 4 is 16.6 Å². The molecule has 5 aromatic rings. The van der Waals surface area contributed by atoms with Gasteiger partial charge in [-0.15, -0.1) is 5.10 Å². The van der Waals surface area contributed by atoms with Crippen LogP contribution in [0.4, 0.5) is 0 Å². The lowest BCUT2D eigenvalue weighted by Gasteiger charge is -2.31. The first-order chi connectivity index (χ1) is 17.0. The van der Waals surface area contributed by atoms with Crippen molar-refractivity contribution in [2.75, 3.05) is 13.1 Å². The van der Waals surface area contributed by atoms with Crippen LogP contribution in [0.15, 0.2) is 43.0 Å². The van der Waals surface area contributed by atoms with Crippen molar-refractivity contribution in [1.82, 2.24) is 39.5 Å². The molecule has 1 N–H and O–H groups in total. The lowest BCUT2D eigenvalue weighted by atomic mass is 9.87. The Morgan fingerprint density at radius 3 is 2.69 bits per heavy atom. The highest BCUT2D eigenvalue weighted by Gasteiger charge is 2.23. The molecule has 8 nitrogen and oxygen atoms in total. The predicted octanol–water partition coefficient (Wildman–Crippen LogP) is 4.82. The number of likely N-dealkylation sites (tertiary alicyclic amines) is 1. The van der Waals surface area contributed by atoms with Crippen molar-refractivity contribution in [3.05, 3.63) is 65.4 Å². The van der Waals surface area contributed by atoms with E-state index in [-0.39, 0.29) is 0 Å². The van der Waals surface area contributed by atoms with Gasteiger partial charge >= 0.3 is 0 Å². The second-order valence-electron chi connectivity index (χ2n) is 10.2. The summed E-state index contributed by atoms with van der Waals surface area (Å²) in [4.78, 5) is 10.6. The third-order valence-electron chi connectivity index (χ3n) is 7.38. The summed E-state index contributed by atoms with van der Waals surface area (Å²) in [5, 5.41) is 14.0. The first kappa shape index (κ1) is 22.0. The zero-order chi connectivity index (χ0) is 24.1. The van der Waals surface area contributed by atoms with Gasteiger partial charge in [0.2, 0.25) is 0 Å². The monoisotopic (exact) mass is 468 g/mol. The summed E-state index contributed by atoms with van der Waals surface area (Å²) in [5.41, 5.74) is 9.45. The van der Waals surface area contributed by atoms with E-state index in [1.807, 2.05) is 17.8 Å². The number of aromatic nitrogens is 7. The predicted molar refractivity (Wildman–Crippen MR) is 137 cm³/mol. The normalized spacial score (nSPS) is 15.7. The van der Waals surface area contributed by atoms with Crippen LogP contribution in [0.5, 0.6) is 0 Å². The standard InChI is InChI=1S/C27H32N8/c1-17(2)25-23-12-20(19-7-9-34(10-8-19)15-22-14-33(4)32-31-22)5-6-24(23)30-26(25)21-11-18(3)27-28-16-29-35(27)13-21/h5-6,11-14,16-17,19,30H,7-10,15H2,1-4H3. The smallest absolute Gasteiger partial charge is 0.158 e. The number of nitrogens with one attached hydrogen (secondary N) is 1. The third kappa shape index (κ3) is 4.01. The molecule has 1 saturated heterocycles. The lowest BCUT2D eigenvalue weighted by Crippen LogP contribution is -2.32. The van der Waals surface area contributed by atoms with Crippen LogP contribution < -0.4 is 0 Å². The molecule has 8 heteroatoms. The van der Waals surface area contributed by atoms with Crippen molar-refractivity contribution in [2.24, 2.45) is 7.05 Å². The van der Waals surface area contributed by atoms with Crippen molar-refractivity contribution in [1.29, 1.82) is 0 Å². The number of aryl methyl sites for hydroxylation is 2. The lowest BCUT2D eigenvalue weighted by molar-refractivity contribution is 0.202. The van der Waals surface area contributed by atoms with E-state index in [0.717, 1.165) is 42.1 Å². The number of fused-ring (bicyclic) bond motifs is 2. The number of H-pyrrole nitrogens is 1. The number of piperidine rings is 1. The van der Waals surface area contributed by atoms with Gasteiger partial charge < -0.3 is 4.98 Å². The summed E-state index contributed by atoms with van der Waals surface area (Å²) in [5.74, 6) is 0.985. The Bertz CT molecular complexity index is 1500. The van der Waals surface area contributed by atoms with Crippen LogP contribution in [0.3, 0.4) is 0 Å². The van der Waals surface area contributed by atoms with Gasteiger partial charge in [-0.3, -0.25) is 9.58 Å². The van der Waals surface area contributed by atoms with Gasteiger partial charge in [-0.25, -0.2) is 9.50 Å². The van der Waals surface area contributed by atoms with Gasteiger partial charge in [0.05, 0.1) is 11.4 Å². The molecule has 35 heavy (non-hydrogen) atoms. The van der Waals surface area contributed by atoms with Crippen LogP contribution in [-0.4, -0.2) is 52.6 Å². The fraction of sp³-hybridized carbons (Fsp3) is 0.407. The number of pyridine rings is 1. The molecule has 1 aliphatic heterocycles. The Morgan fingerprint density at radius 1 is 1.11 bits per heavy atom. The van der Waals surface area contributed by atoms with Gasteiger partial charge in [-0.05, 0) is 79.6 Å². The molecule has 0 bridgehead atoms. The first-order valence-corrected chi connectivity index (χ1v) is 12.5. The maximum Gasteiger partial charge on any atom is 0.158 e. The molecule has 5 heterocycles. The SMILES string of the molecule is Cc1cc(-c2[nH]c3ccc(C4CCN(Cc5cn(C)nn5)CC4)cc3c2C(C)C)cn2ncnc12. The summed E-state index contributed by atoms with van der Waals surface area (Å²) in [6.45, 7) is 9.72. The minimum Gasteiger partial charge on any atom is -0.354 e. The molecule has 0 unspecified atom stereocenters. The van der Waals surface area contributed by atoms with Crippen LogP contribution in [0.1, 0.15) is 60.9 Å². The summed E-state index contributed by atoms with van der Waals surface area (Å²) >= 11 is 0. The van der Waals surface area contributed by atoms with Gasteiger partial charge in [0.15, 0.2) is 5.65 Å². The van der Waals surface area contributed by atoms with Gasteiger partial charge in [0, 0.05) is 42.5 Å². The second kappa shape index (κ2) is 8.61. The van der Waals surface area contributed by atoms with E-state index in [4.69, 9.17) is 0 Å². The molecule has 0 amide bonds. The zero-order valence-electron chi connectivity index (χ0n) is 20.9. The zero-order valence-corrected chi connectivity index (χ0v) is 20.9. The van der Waals surface area contributed by atoms with E-state index >= 15 is 0 Å². The van der Waals surface area contributed by atoms with E-state index in [9.17, 15) is 0 Å². The molecule has 1 aromatic carbocycles. The Labute approximate surface area is 205 Å². The van der Waals surface area contributed by atoms with Gasteiger partial charge in [0.1, 0.15) is 6.33 Å². The number of nitrogens with zero attached hydrogens (tertiary/aromatic N) is 7. The van der Waals surface area contributed by atoms with Crippen molar-refractivity contribution in [3.63, 3.8) is 0 Å². The maximum absolute atomic E-state index is 4.38. The van der Waals surface area contributed by atoms with Crippen molar-refractivity contribution in [3.8, 4) is 11.3 Å². The van der Waals surface area contributed by atoms with Crippen LogP contribution >= 0.6 is 0 Å². The fourth-order valence-corrected chi connectivity index (χ4v) is 5.66. The first-order valence-electron chi connectivity index (χ1n) is 12.5. The molecule has 6 rings (SSSR count). The summed E-state index contributed by atoms with van der Waals surface area (Å²) in [6, 6.07) is 9.25. The Hall–Kier alpha value is -3.52. The second-order valence-corrected chi connectivity index (χ2v) is 10.2. The maximum atomic E-state index is 4.38. The van der Waals surface area contributed by atoms with Crippen molar-refractivity contribution < 1.29 is 0 Å². The van der Waals surface area contributed by atoms with Crippen LogP contribution in [-0.2, 0) is 13.6 Å². The molecule has 1 fully saturated rings. The fourth-order valence-electron chi connectivity index (χ4n) is 5.66. The van der Waals surface area contributed by atoms with Gasteiger partial charge in [-0.1, -0.05) is 25.1 Å². The molecule has 1 aliphatic rings. The van der Waals surface area contributed by atoms with Gasteiger partial charge in [-0.2, -0.15) is 5.10 Å². The molecule has 0 aliphatic carbocycles. The third-order valence-corrected chi connectivity index (χ3v) is 7.38. The average molecular weight is 469 g/mol. The quantitative estimate of drug-likeness (QED) is 0.400. The van der Waals surface area contributed by atoms with Crippen LogP contribution in [0.2, 0.25) is 0 Å². The molecule has 0 radical (unpaired) electrons. The highest BCUT2D eigenvalue weighted by Crippen LogP contribution is 2.38. The molecular formula is C27H32N8. The molecule has 0 spiro atoms. The number of hydrogen-bond donors (Lipinski definition) is 1. The van der Waals surface area contributed by atoms with E-state index in [1.165, 1.54) is 40.6 Å². The van der Waals surface area contributed by atoms with Crippen LogP contribution in [0.25, 0.3) is 27.8 Å². The number of hydrogen-bond acceptors (Lipinski definition) is 5. The minimum atomic E-state index is 0.398. The molecule has 180 valence electrons. The molecule has 4 aromatic heterocycles. The summed E-state index contributed by atoms with van der Waals surface area (Å²) in [6.07, 6.45) is 8.05. The highest BCUT2D eigenvalue weighted by molar-refractivity contribution is 5.92. The van der Waals surface area contributed by atoms with E-state index in [1.54, 1.807) is 11.0 Å². The number of rotatable bonds is 5. The molecule has 0 atom stereocenters. The summed E-state index contributed by atoms with van der Waals surface area (Å²) < 4.78 is 3.65.